The van der Waals surface area contributed by atoms with Crippen LogP contribution in [-0.2, 0) is 13.2 Å². The first-order chi connectivity index (χ1) is 9.42. The molecule has 0 spiro atoms. The molecule has 0 saturated heterocycles. The number of nitrogens with one attached hydrogen (secondary N) is 1. The van der Waals surface area contributed by atoms with E-state index in [1.54, 1.807) is 6.20 Å². The molecule has 2 aromatic heterocycles. The summed E-state index contributed by atoms with van der Waals surface area (Å²) in [5, 5.41) is 7.27. The summed E-state index contributed by atoms with van der Waals surface area (Å²) >= 11 is 0. The maximum atomic E-state index is 5.60. The van der Waals surface area contributed by atoms with Gasteiger partial charge in [0, 0.05) is 18.2 Å². The Bertz CT molecular complexity index is 541. The standard InChI is InChI=1S/C15H21N3O2/c1-11-7-13(18-20-11)10-19-14-6-5-12(16-9-14)8-17-15(2,3)4/h5-7,9,17H,8,10H2,1-4H3. The van der Waals surface area contributed by atoms with Crippen LogP contribution < -0.4 is 10.1 Å². The van der Waals surface area contributed by atoms with Crippen LogP contribution in [0.15, 0.2) is 28.9 Å². The van der Waals surface area contributed by atoms with Gasteiger partial charge in [-0.1, -0.05) is 5.16 Å². The van der Waals surface area contributed by atoms with Crippen molar-refractivity contribution in [3.05, 3.63) is 41.5 Å². The van der Waals surface area contributed by atoms with Crippen LogP contribution in [0, 0.1) is 6.92 Å². The summed E-state index contributed by atoms with van der Waals surface area (Å²) in [5.74, 6) is 1.51. The molecule has 108 valence electrons. The van der Waals surface area contributed by atoms with Gasteiger partial charge < -0.3 is 14.6 Å². The molecule has 0 aliphatic heterocycles. The molecule has 0 aliphatic carbocycles. The van der Waals surface area contributed by atoms with Crippen molar-refractivity contribution in [2.24, 2.45) is 0 Å². The Kier molecular flexibility index (Phi) is 4.39. The SMILES string of the molecule is Cc1cc(COc2ccc(CNC(C)(C)C)nc2)no1. The molecule has 0 radical (unpaired) electrons. The quantitative estimate of drug-likeness (QED) is 0.909. The monoisotopic (exact) mass is 275 g/mol. The largest absolute Gasteiger partial charge is 0.486 e. The second-order valence-electron chi connectivity index (χ2n) is 5.81. The smallest absolute Gasteiger partial charge is 0.138 e. The third-order valence-corrected chi connectivity index (χ3v) is 2.66. The summed E-state index contributed by atoms with van der Waals surface area (Å²) in [7, 11) is 0. The Labute approximate surface area is 119 Å². The van der Waals surface area contributed by atoms with Crippen LogP contribution in [0.2, 0.25) is 0 Å². The molecule has 0 aromatic carbocycles. The van der Waals surface area contributed by atoms with Gasteiger partial charge in [0.25, 0.3) is 0 Å². The molecule has 2 heterocycles. The second-order valence-corrected chi connectivity index (χ2v) is 5.81. The number of hydrogen-bond donors (Lipinski definition) is 1. The number of rotatable bonds is 5. The first-order valence-corrected chi connectivity index (χ1v) is 6.67. The normalized spacial score (nSPS) is 11.6. The highest BCUT2D eigenvalue weighted by Crippen LogP contribution is 2.12. The van der Waals surface area contributed by atoms with Crippen LogP contribution >= 0.6 is 0 Å². The lowest BCUT2D eigenvalue weighted by atomic mass is 10.1. The summed E-state index contributed by atoms with van der Waals surface area (Å²) in [6, 6.07) is 5.73. The topological polar surface area (TPSA) is 60.2 Å². The Balaban J connectivity index is 1.85. The van der Waals surface area contributed by atoms with Crippen molar-refractivity contribution in [3.63, 3.8) is 0 Å². The van der Waals surface area contributed by atoms with E-state index in [1.807, 2.05) is 25.1 Å². The molecule has 0 fully saturated rings. The molecular formula is C15H21N3O2. The van der Waals surface area contributed by atoms with Gasteiger partial charge >= 0.3 is 0 Å². The number of nitrogens with zero attached hydrogens (tertiary/aromatic N) is 2. The van der Waals surface area contributed by atoms with Crippen LogP contribution in [0.25, 0.3) is 0 Å². The Morgan fingerprint density at radius 2 is 2.05 bits per heavy atom. The van der Waals surface area contributed by atoms with Gasteiger partial charge in [-0.15, -0.1) is 0 Å². The van der Waals surface area contributed by atoms with Gasteiger partial charge in [-0.3, -0.25) is 4.98 Å². The first kappa shape index (κ1) is 14.5. The molecular weight excluding hydrogens is 254 g/mol. The summed E-state index contributed by atoms with van der Waals surface area (Å²) in [4.78, 5) is 4.37. The summed E-state index contributed by atoms with van der Waals surface area (Å²) in [5.41, 5.74) is 1.85. The fourth-order valence-corrected chi connectivity index (χ4v) is 1.60. The van der Waals surface area contributed by atoms with Crippen LogP contribution in [0.1, 0.15) is 37.9 Å². The van der Waals surface area contributed by atoms with Gasteiger partial charge in [0.1, 0.15) is 23.8 Å². The maximum absolute atomic E-state index is 5.60. The van der Waals surface area contributed by atoms with Crippen LogP contribution in [0.5, 0.6) is 5.75 Å². The molecule has 0 unspecified atom stereocenters. The number of aryl methyl sites for hydroxylation is 1. The van der Waals surface area contributed by atoms with Crippen LogP contribution in [0.3, 0.4) is 0 Å². The van der Waals surface area contributed by atoms with Crippen molar-refractivity contribution in [3.8, 4) is 5.75 Å². The third kappa shape index (κ3) is 4.66. The molecule has 0 aliphatic rings. The molecule has 0 amide bonds. The lowest BCUT2D eigenvalue weighted by Crippen LogP contribution is -2.35. The van der Waals surface area contributed by atoms with Gasteiger partial charge in [-0.2, -0.15) is 0 Å². The van der Waals surface area contributed by atoms with E-state index in [2.05, 4.69) is 36.2 Å². The van der Waals surface area contributed by atoms with Gasteiger partial charge in [0.2, 0.25) is 0 Å². The minimum atomic E-state index is 0.0850. The van der Waals surface area contributed by atoms with Gasteiger partial charge in [0.15, 0.2) is 0 Å². The van der Waals surface area contributed by atoms with Crippen molar-refractivity contribution in [1.29, 1.82) is 0 Å². The van der Waals surface area contributed by atoms with E-state index in [0.717, 1.165) is 29.4 Å². The van der Waals surface area contributed by atoms with E-state index in [4.69, 9.17) is 9.26 Å². The van der Waals surface area contributed by atoms with Crippen molar-refractivity contribution in [2.75, 3.05) is 0 Å². The number of hydrogen-bond acceptors (Lipinski definition) is 5. The zero-order chi connectivity index (χ0) is 14.6. The predicted octanol–water partition coefficient (Wildman–Crippen LogP) is 2.85. The third-order valence-electron chi connectivity index (χ3n) is 2.66. The van der Waals surface area contributed by atoms with Crippen LogP contribution in [0.4, 0.5) is 0 Å². The summed E-state index contributed by atoms with van der Waals surface area (Å²) in [6.45, 7) is 9.37. The zero-order valence-electron chi connectivity index (χ0n) is 12.4. The molecule has 0 saturated carbocycles. The molecule has 5 heteroatoms. The molecule has 5 nitrogen and oxygen atoms in total. The number of aromatic nitrogens is 2. The Morgan fingerprint density at radius 1 is 1.25 bits per heavy atom. The molecule has 2 aromatic rings. The second kappa shape index (κ2) is 6.05. The van der Waals surface area contributed by atoms with Gasteiger partial charge in [-0.05, 0) is 39.8 Å². The fraction of sp³-hybridized carbons (Fsp3) is 0.467. The Morgan fingerprint density at radius 3 is 2.60 bits per heavy atom. The molecule has 1 N–H and O–H groups in total. The van der Waals surface area contributed by atoms with E-state index in [0.29, 0.717) is 6.61 Å². The predicted molar refractivity (Wildman–Crippen MR) is 76.4 cm³/mol. The van der Waals surface area contributed by atoms with E-state index < -0.39 is 0 Å². The minimum absolute atomic E-state index is 0.0850. The molecule has 0 bridgehead atoms. The van der Waals surface area contributed by atoms with Crippen molar-refractivity contribution in [1.82, 2.24) is 15.5 Å². The van der Waals surface area contributed by atoms with E-state index in [1.165, 1.54) is 0 Å². The lowest BCUT2D eigenvalue weighted by molar-refractivity contribution is 0.286. The first-order valence-electron chi connectivity index (χ1n) is 6.67. The van der Waals surface area contributed by atoms with Gasteiger partial charge in [0.05, 0.1) is 11.9 Å². The van der Waals surface area contributed by atoms with E-state index in [-0.39, 0.29) is 5.54 Å². The maximum Gasteiger partial charge on any atom is 0.138 e. The van der Waals surface area contributed by atoms with Crippen molar-refractivity contribution >= 4 is 0 Å². The average molecular weight is 275 g/mol. The molecule has 0 atom stereocenters. The van der Waals surface area contributed by atoms with Crippen molar-refractivity contribution in [2.45, 2.75) is 46.4 Å². The average Bonchev–Trinajstić information content (AvgIpc) is 2.80. The minimum Gasteiger partial charge on any atom is -0.486 e. The van der Waals surface area contributed by atoms with Gasteiger partial charge in [-0.25, -0.2) is 0 Å². The highest BCUT2D eigenvalue weighted by molar-refractivity contribution is 5.20. The zero-order valence-corrected chi connectivity index (χ0v) is 12.4. The molecule has 20 heavy (non-hydrogen) atoms. The van der Waals surface area contributed by atoms with Crippen LogP contribution in [-0.4, -0.2) is 15.7 Å². The van der Waals surface area contributed by atoms with E-state index >= 15 is 0 Å². The summed E-state index contributed by atoms with van der Waals surface area (Å²) in [6.07, 6.45) is 1.73. The number of ether oxygens (including phenoxy) is 1. The lowest BCUT2D eigenvalue weighted by Gasteiger charge is -2.20. The highest BCUT2D eigenvalue weighted by Gasteiger charge is 2.09. The van der Waals surface area contributed by atoms with Crippen molar-refractivity contribution < 1.29 is 9.26 Å². The number of pyridine rings is 1. The molecule has 2 rings (SSSR count). The highest BCUT2D eigenvalue weighted by atomic mass is 16.5. The summed E-state index contributed by atoms with van der Waals surface area (Å²) < 4.78 is 10.6. The Hall–Kier alpha value is -1.88. The van der Waals surface area contributed by atoms with E-state index in [9.17, 15) is 0 Å². The fourth-order valence-electron chi connectivity index (χ4n) is 1.60.